The van der Waals surface area contributed by atoms with Gasteiger partial charge in [0, 0.05) is 6.54 Å². The van der Waals surface area contributed by atoms with Crippen molar-refractivity contribution < 1.29 is 4.39 Å². The zero-order valence-corrected chi connectivity index (χ0v) is 6.23. The first-order chi connectivity index (χ1) is 4.81. The van der Waals surface area contributed by atoms with Crippen LogP contribution in [-0.4, -0.2) is 19.8 Å². The van der Waals surface area contributed by atoms with Crippen LogP contribution in [0.5, 0.6) is 0 Å². The summed E-state index contributed by atoms with van der Waals surface area (Å²) in [7, 11) is 0. The van der Waals surface area contributed by atoms with Crippen LogP contribution in [0.1, 0.15) is 13.3 Å². The normalized spacial score (nSPS) is 12.5. The molecule has 1 unspecified atom stereocenters. The molecule has 0 bridgehead atoms. The van der Waals surface area contributed by atoms with Crippen LogP contribution in [0.2, 0.25) is 0 Å². The SMILES string of the molecule is CC(C#N)CNCCCF. The summed E-state index contributed by atoms with van der Waals surface area (Å²) in [5, 5.41) is 11.3. The van der Waals surface area contributed by atoms with E-state index >= 15 is 0 Å². The molecule has 0 aromatic rings. The summed E-state index contributed by atoms with van der Waals surface area (Å²) in [4.78, 5) is 0. The zero-order valence-electron chi connectivity index (χ0n) is 6.23. The minimum absolute atomic E-state index is 0.0274. The molecule has 0 aliphatic heterocycles. The summed E-state index contributed by atoms with van der Waals surface area (Å²) in [6.45, 7) is 2.88. The number of rotatable bonds is 5. The van der Waals surface area contributed by atoms with Gasteiger partial charge in [-0.3, -0.25) is 4.39 Å². The van der Waals surface area contributed by atoms with E-state index in [-0.39, 0.29) is 12.6 Å². The molecule has 1 atom stereocenters. The highest BCUT2D eigenvalue weighted by Crippen LogP contribution is 1.87. The van der Waals surface area contributed by atoms with E-state index in [0.29, 0.717) is 19.5 Å². The largest absolute Gasteiger partial charge is 0.315 e. The third-order valence-electron chi connectivity index (χ3n) is 1.16. The minimum Gasteiger partial charge on any atom is -0.315 e. The van der Waals surface area contributed by atoms with E-state index in [2.05, 4.69) is 11.4 Å². The first-order valence-electron chi connectivity index (χ1n) is 3.47. The van der Waals surface area contributed by atoms with Gasteiger partial charge < -0.3 is 5.32 Å². The number of nitrogens with one attached hydrogen (secondary N) is 1. The Morgan fingerprint density at radius 2 is 2.40 bits per heavy atom. The minimum atomic E-state index is -0.284. The lowest BCUT2D eigenvalue weighted by Gasteiger charge is -2.02. The summed E-state index contributed by atoms with van der Waals surface area (Å²) in [6, 6.07) is 2.09. The number of halogens is 1. The molecule has 0 radical (unpaired) electrons. The van der Waals surface area contributed by atoms with Gasteiger partial charge in [-0.25, -0.2) is 0 Å². The van der Waals surface area contributed by atoms with Gasteiger partial charge >= 0.3 is 0 Å². The van der Waals surface area contributed by atoms with Gasteiger partial charge in [-0.1, -0.05) is 0 Å². The quantitative estimate of drug-likeness (QED) is 0.586. The van der Waals surface area contributed by atoms with Crippen molar-refractivity contribution in [3.05, 3.63) is 0 Å². The summed E-state index contributed by atoms with van der Waals surface area (Å²) < 4.78 is 11.5. The molecule has 3 heteroatoms. The highest BCUT2D eigenvalue weighted by molar-refractivity contribution is 4.79. The maximum atomic E-state index is 11.5. The smallest absolute Gasteiger partial charge is 0.0906 e. The lowest BCUT2D eigenvalue weighted by atomic mass is 10.2. The van der Waals surface area contributed by atoms with E-state index < -0.39 is 0 Å². The fourth-order valence-electron chi connectivity index (χ4n) is 0.556. The van der Waals surface area contributed by atoms with E-state index in [4.69, 9.17) is 5.26 Å². The fraction of sp³-hybridized carbons (Fsp3) is 0.857. The van der Waals surface area contributed by atoms with Crippen LogP contribution < -0.4 is 5.32 Å². The van der Waals surface area contributed by atoms with Crippen LogP contribution >= 0.6 is 0 Å². The molecule has 0 aromatic carbocycles. The molecule has 2 nitrogen and oxygen atoms in total. The lowest BCUT2D eigenvalue weighted by molar-refractivity contribution is 0.454. The Hall–Kier alpha value is -0.620. The van der Waals surface area contributed by atoms with Gasteiger partial charge in [-0.05, 0) is 19.9 Å². The van der Waals surface area contributed by atoms with Crippen LogP contribution in [0, 0.1) is 17.2 Å². The number of nitrogens with zero attached hydrogens (tertiary/aromatic N) is 1. The fourth-order valence-corrected chi connectivity index (χ4v) is 0.556. The van der Waals surface area contributed by atoms with Gasteiger partial charge in [-0.15, -0.1) is 0 Å². The van der Waals surface area contributed by atoms with E-state index in [1.807, 2.05) is 6.92 Å². The number of hydrogen-bond donors (Lipinski definition) is 1. The van der Waals surface area contributed by atoms with Crippen molar-refractivity contribution in [3.63, 3.8) is 0 Å². The predicted molar refractivity (Wildman–Crippen MR) is 38.2 cm³/mol. The maximum Gasteiger partial charge on any atom is 0.0906 e. The Morgan fingerprint density at radius 1 is 1.70 bits per heavy atom. The van der Waals surface area contributed by atoms with Crippen LogP contribution in [-0.2, 0) is 0 Å². The Bertz CT molecular complexity index is 109. The molecule has 0 spiro atoms. The van der Waals surface area contributed by atoms with Crippen molar-refractivity contribution in [1.29, 1.82) is 5.26 Å². The van der Waals surface area contributed by atoms with Gasteiger partial charge in [-0.2, -0.15) is 5.26 Å². The number of nitriles is 1. The molecule has 58 valence electrons. The van der Waals surface area contributed by atoms with Crippen molar-refractivity contribution in [2.24, 2.45) is 5.92 Å². The van der Waals surface area contributed by atoms with Gasteiger partial charge in [0.15, 0.2) is 0 Å². The van der Waals surface area contributed by atoms with Crippen LogP contribution in [0.15, 0.2) is 0 Å². The highest BCUT2D eigenvalue weighted by atomic mass is 19.1. The molecule has 0 rings (SSSR count). The van der Waals surface area contributed by atoms with E-state index in [1.165, 1.54) is 0 Å². The topological polar surface area (TPSA) is 35.8 Å². The van der Waals surface area contributed by atoms with Crippen LogP contribution in [0.25, 0.3) is 0 Å². The zero-order chi connectivity index (χ0) is 7.82. The summed E-state index contributed by atoms with van der Waals surface area (Å²) >= 11 is 0. The van der Waals surface area contributed by atoms with Crippen LogP contribution in [0.3, 0.4) is 0 Å². The Morgan fingerprint density at radius 3 is 2.90 bits per heavy atom. The van der Waals surface area contributed by atoms with Gasteiger partial charge in [0.25, 0.3) is 0 Å². The van der Waals surface area contributed by atoms with Gasteiger partial charge in [0.1, 0.15) is 0 Å². The average molecular weight is 144 g/mol. The molecule has 0 amide bonds. The molecule has 0 saturated carbocycles. The maximum absolute atomic E-state index is 11.5. The third kappa shape index (κ3) is 5.52. The summed E-state index contributed by atoms with van der Waals surface area (Å²) in [6.07, 6.45) is 0.540. The van der Waals surface area contributed by atoms with E-state index in [9.17, 15) is 4.39 Å². The van der Waals surface area contributed by atoms with Gasteiger partial charge in [0.2, 0.25) is 0 Å². The van der Waals surface area contributed by atoms with Crippen molar-refractivity contribution >= 4 is 0 Å². The van der Waals surface area contributed by atoms with E-state index in [1.54, 1.807) is 0 Å². The van der Waals surface area contributed by atoms with Crippen molar-refractivity contribution in [2.75, 3.05) is 19.8 Å². The van der Waals surface area contributed by atoms with Crippen molar-refractivity contribution in [2.45, 2.75) is 13.3 Å². The molecule has 0 heterocycles. The standard InChI is InChI=1S/C7H13FN2/c1-7(5-9)6-10-4-2-3-8/h7,10H,2-4,6H2,1H3. The second kappa shape index (κ2) is 6.50. The Labute approximate surface area is 61.0 Å². The molecule has 0 fully saturated rings. The highest BCUT2D eigenvalue weighted by Gasteiger charge is 1.96. The van der Waals surface area contributed by atoms with Crippen molar-refractivity contribution in [1.82, 2.24) is 5.32 Å². The number of hydrogen-bond acceptors (Lipinski definition) is 2. The Kier molecular flexibility index (Phi) is 6.10. The summed E-state index contributed by atoms with van der Waals surface area (Å²) in [5.74, 6) is 0.0274. The van der Waals surface area contributed by atoms with E-state index in [0.717, 1.165) is 0 Å². The first-order valence-corrected chi connectivity index (χ1v) is 3.47. The lowest BCUT2D eigenvalue weighted by Crippen LogP contribution is -2.21. The molecule has 0 saturated heterocycles. The second-order valence-corrected chi connectivity index (χ2v) is 2.28. The van der Waals surface area contributed by atoms with Crippen LogP contribution in [0.4, 0.5) is 4.39 Å². The molecular formula is C7H13FN2. The third-order valence-corrected chi connectivity index (χ3v) is 1.16. The Balaban J connectivity index is 2.98. The molecule has 0 aliphatic rings. The van der Waals surface area contributed by atoms with Gasteiger partial charge in [0.05, 0.1) is 18.7 Å². The van der Waals surface area contributed by atoms with Crippen molar-refractivity contribution in [3.8, 4) is 6.07 Å². The average Bonchev–Trinajstić information content (AvgIpc) is 1.98. The summed E-state index contributed by atoms with van der Waals surface area (Å²) in [5.41, 5.74) is 0. The number of alkyl halides is 1. The molecule has 10 heavy (non-hydrogen) atoms. The molecule has 0 aliphatic carbocycles. The molecule has 1 N–H and O–H groups in total. The molecule has 0 aromatic heterocycles. The predicted octanol–water partition coefficient (Wildman–Crippen LogP) is 1.10. The molecular weight excluding hydrogens is 131 g/mol. The monoisotopic (exact) mass is 144 g/mol. The first kappa shape index (κ1) is 9.38. The second-order valence-electron chi connectivity index (χ2n) is 2.28.